The lowest BCUT2D eigenvalue weighted by atomic mass is 10.1. The minimum atomic E-state index is -0.263. The van der Waals surface area contributed by atoms with Crippen molar-refractivity contribution in [3.63, 3.8) is 0 Å². The predicted octanol–water partition coefficient (Wildman–Crippen LogP) is 3.83. The number of aromatic nitrogens is 2. The number of ether oxygens (including phenoxy) is 1. The normalized spacial score (nSPS) is 10.6. The van der Waals surface area contributed by atoms with E-state index in [0.717, 1.165) is 16.9 Å². The Hall–Kier alpha value is -4.13. The van der Waals surface area contributed by atoms with Crippen molar-refractivity contribution in [1.82, 2.24) is 14.7 Å². The van der Waals surface area contributed by atoms with Crippen LogP contribution >= 0.6 is 0 Å². The van der Waals surface area contributed by atoms with Gasteiger partial charge in [0.2, 0.25) is 0 Å². The fraction of sp³-hybridized carbons (Fsp3) is 0.125. The molecule has 0 spiro atoms. The molecule has 7 heteroatoms. The predicted molar refractivity (Wildman–Crippen MR) is 118 cm³/mol. The number of anilines is 1. The van der Waals surface area contributed by atoms with Gasteiger partial charge in [-0.1, -0.05) is 12.1 Å². The summed E-state index contributed by atoms with van der Waals surface area (Å²) in [6.45, 7) is 2.33. The van der Waals surface area contributed by atoms with Gasteiger partial charge in [0.05, 0.1) is 5.69 Å². The van der Waals surface area contributed by atoms with Crippen molar-refractivity contribution in [2.24, 2.45) is 0 Å². The molecule has 31 heavy (non-hydrogen) atoms. The van der Waals surface area contributed by atoms with Crippen molar-refractivity contribution in [1.29, 1.82) is 0 Å². The molecule has 0 saturated carbocycles. The highest BCUT2D eigenvalue weighted by Crippen LogP contribution is 2.18. The molecule has 0 fully saturated rings. The van der Waals surface area contributed by atoms with Gasteiger partial charge >= 0.3 is 0 Å². The number of hydrogen-bond donors (Lipinski definition) is 2. The van der Waals surface area contributed by atoms with Gasteiger partial charge in [0.25, 0.3) is 11.8 Å². The maximum atomic E-state index is 12.6. The first-order chi connectivity index (χ1) is 15.0. The van der Waals surface area contributed by atoms with E-state index >= 15 is 0 Å². The van der Waals surface area contributed by atoms with E-state index in [1.165, 1.54) is 0 Å². The first kappa shape index (κ1) is 20.2. The molecule has 2 amide bonds. The summed E-state index contributed by atoms with van der Waals surface area (Å²) in [6.07, 6.45) is 3.94. The number of hydrogen-bond acceptors (Lipinski definition) is 4. The Morgan fingerprint density at radius 3 is 2.55 bits per heavy atom. The molecule has 4 aromatic rings. The summed E-state index contributed by atoms with van der Waals surface area (Å²) < 4.78 is 7.81. The molecule has 0 atom stereocenters. The molecule has 0 radical (unpaired) electrons. The molecule has 2 aromatic carbocycles. The van der Waals surface area contributed by atoms with Crippen molar-refractivity contribution in [2.45, 2.75) is 13.5 Å². The zero-order chi connectivity index (χ0) is 21.8. The Bertz CT molecular complexity index is 1250. The molecule has 0 aliphatic carbocycles. The minimum Gasteiger partial charge on any atom is -0.487 e. The van der Waals surface area contributed by atoms with E-state index < -0.39 is 0 Å². The Morgan fingerprint density at radius 2 is 1.77 bits per heavy atom. The lowest BCUT2D eigenvalue weighted by Gasteiger charge is -2.08. The van der Waals surface area contributed by atoms with E-state index in [1.54, 1.807) is 55.6 Å². The van der Waals surface area contributed by atoms with E-state index in [-0.39, 0.29) is 11.8 Å². The number of aryl methyl sites for hydroxylation is 1. The topological polar surface area (TPSA) is 84.7 Å². The van der Waals surface area contributed by atoms with Crippen LogP contribution in [0.25, 0.3) is 5.65 Å². The van der Waals surface area contributed by atoms with Crippen LogP contribution in [-0.4, -0.2) is 28.2 Å². The second-order valence-electron chi connectivity index (χ2n) is 7.13. The third-order valence-corrected chi connectivity index (χ3v) is 4.76. The van der Waals surface area contributed by atoms with Gasteiger partial charge in [0.15, 0.2) is 0 Å². The van der Waals surface area contributed by atoms with Gasteiger partial charge in [-0.2, -0.15) is 0 Å². The van der Waals surface area contributed by atoms with E-state index in [9.17, 15) is 9.59 Å². The van der Waals surface area contributed by atoms with Crippen LogP contribution in [-0.2, 0) is 6.61 Å². The number of pyridine rings is 1. The van der Waals surface area contributed by atoms with Crippen LogP contribution in [0.4, 0.5) is 5.69 Å². The molecular formula is C24H22N4O3. The largest absolute Gasteiger partial charge is 0.487 e. The molecule has 156 valence electrons. The molecule has 2 heterocycles. The van der Waals surface area contributed by atoms with Crippen LogP contribution in [0.3, 0.4) is 0 Å². The van der Waals surface area contributed by atoms with E-state index in [2.05, 4.69) is 15.6 Å². The third kappa shape index (κ3) is 4.72. The summed E-state index contributed by atoms with van der Waals surface area (Å²) in [5.74, 6) is 0.140. The third-order valence-electron chi connectivity index (χ3n) is 4.76. The van der Waals surface area contributed by atoms with Crippen LogP contribution in [0.5, 0.6) is 5.75 Å². The molecule has 2 aromatic heterocycles. The summed E-state index contributed by atoms with van der Waals surface area (Å²) in [7, 11) is 1.57. The van der Waals surface area contributed by atoms with Crippen molar-refractivity contribution in [3.05, 3.63) is 95.4 Å². The number of nitrogens with zero attached hydrogens (tertiary/aromatic N) is 2. The highest BCUT2D eigenvalue weighted by molar-refractivity contribution is 6.04. The van der Waals surface area contributed by atoms with Gasteiger partial charge < -0.3 is 19.8 Å². The van der Waals surface area contributed by atoms with Gasteiger partial charge in [-0.25, -0.2) is 4.98 Å². The minimum absolute atomic E-state index is 0.177. The zero-order valence-electron chi connectivity index (χ0n) is 17.3. The molecule has 7 nitrogen and oxygen atoms in total. The lowest BCUT2D eigenvalue weighted by Crippen LogP contribution is -2.17. The number of amides is 2. The van der Waals surface area contributed by atoms with E-state index in [1.807, 2.05) is 35.9 Å². The molecular weight excluding hydrogens is 392 g/mol. The maximum Gasteiger partial charge on any atom is 0.255 e. The van der Waals surface area contributed by atoms with E-state index in [4.69, 9.17) is 4.74 Å². The highest BCUT2D eigenvalue weighted by atomic mass is 16.5. The molecule has 0 bridgehead atoms. The highest BCUT2D eigenvalue weighted by Gasteiger charge is 2.09. The molecule has 2 N–H and O–H groups in total. The summed E-state index contributed by atoms with van der Waals surface area (Å²) >= 11 is 0. The van der Waals surface area contributed by atoms with Crippen molar-refractivity contribution in [2.75, 3.05) is 12.4 Å². The molecule has 4 rings (SSSR count). The molecule has 0 aliphatic rings. The summed E-state index contributed by atoms with van der Waals surface area (Å²) in [5, 5.41) is 5.39. The van der Waals surface area contributed by atoms with Gasteiger partial charge in [-0.05, 0) is 61.0 Å². The SMILES string of the molecule is CNC(=O)c1ccc(NC(=O)c2cccc(OCc3cn4cc(C)ccc4n3)c2)cc1. The number of rotatable bonds is 6. The quantitative estimate of drug-likeness (QED) is 0.502. The summed E-state index contributed by atoms with van der Waals surface area (Å²) in [4.78, 5) is 28.8. The first-order valence-electron chi connectivity index (χ1n) is 9.82. The number of nitrogens with one attached hydrogen (secondary N) is 2. The number of benzene rings is 2. The molecule has 0 aliphatic heterocycles. The standard InChI is InChI=1S/C24H22N4O3/c1-16-6-11-22-26-20(14-28(22)13-16)15-31-21-5-3-4-18(12-21)24(30)27-19-9-7-17(8-10-19)23(29)25-2/h3-14H,15H2,1-2H3,(H,25,29)(H,27,30). The Balaban J connectivity index is 1.41. The Morgan fingerprint density at radius 1 is 0.968 bits per heavy atom. The van der Waals surface area contributed by atoms with Gasteiger partial charge in [-0.15, -0.1) is 0 Å². The van der Waals surface area contributed by atoms with Crippen LogP contribution < -0.4 is 15.4 Å². The Labute approximate surface area is 179 Å². The second-order valence-corrected chi connectivity index (χ2v) is 7.13. The Kier molecular flexibility index (Phi) is 5.66. The zero-order valence-corrected chi connectivity index (χ0v) is 17.3. The van der Waals surface area contributed by atoms with Crippen molar-refractivity contribution in [3.8, 4) is 5.75 Å². The van der Waals surface area contributed by atoms with Crippen molar-refractivity contribution < 1.29 is 14.3 Å². The number of carbonyl (C=O) groups is 2. The summed E-state index contributed by atoms with van der Waals surface area (Å²) in [6, 6.07) is 17.6. The molecule has 0 unspecified atom stereocenters. The number of imidazole rings is 1. The summed E-state index contributed by atoms with van der Waals surface area (Å²) in [5.41, 5.74) is 4.41. The van der Waals surface area contributed by atoms with E-state index in [0.29, 0.717) is 29.2 Å². The van der Waals surface area contributed by atoms with Gasteiger partial charge in [-0.3, -0.25) is 9.59 Å². The van der Waals surface area contributed by atoms with Crippen LogP contribution in [0, 0.1) is 6.92 Å². The number of carbonyl (C=O) groups excluding carboxylic acids is 2. The maximum absolute atomic E-state index is 12.6. The van der Waals surface area contributed by atoms with Gasteiger partial charge in [0.1, 0.15) is 18.0 Å². The molecule has 0 saturated heterocycles. The number of fused-ring (bicyclic) bond motifs is 1. The van der Waals surface area contributed by atoms with Crippen LogP contribution in [0.2, 0.25) is 0 Å². The second kappa shape index (κ2) is 8.71. The fourth-order valence-corrected chi connectivity index (χ4v) is 3.16. The first-order valence-corrected chi connectivity index (χ1v) is 9.82. The lowest BCUT2D eigenvalue weighted by molar-refractivity contribution is 0.0962. The van der Waals surface area contributed by atoms with Gasteiger partial charge in [0, 0.05) is 36.3 Å². The van der Waals surface area contributed by atoms with Crippen molar-refractivity contribution >= 4 is 23.1 Å². The monoisotopic (exact) mass is 414 g/mol. The average molecular weight is 414 g/mol. The van der Waals surface area contributed by atoms with Crippen LogP contribution in [0.15, 0.2) is 73.1 Å². The smallest absolute Gasteiger partial charge is 0.255 e. The fourth-order valence-electron chi connectivity index (χ4n) is 3.16. The van der Waals surface area contributed by atoms with Crippen LogP contribution in [0.1, 0.15) is 32.0 Å². The average Bonchev–Trinajstić information content (AvgIpc) is 3.20.